The lowest BCUT2D eigenvalue weighted by molar-refractivity contribution is -0.137. The number of hydrogen-bond acceptors (Lipinski definition) is 1. The predicted molar refractivity (Wildman–Crippen MR) is 252 cm³/mol. The van der Waals surface area contributed by atoms with E-state index in [1.165, 1.54) is 44.3 Å². The summed E-state index contributed by atoms with van der Waals surface area (Å²) in [6.07, 6.45) is -4.50. The van der Waals surface area contributed by atoms with Crippen molar-refractivity contribution in [2.45, 2.75) is 6.18 Å². The first-order valence-electron chi connectivity index (χ1n) is 20.7. The lowest BCUT2D eigenvalue weighted by atomic mass is 9.86. The van der Waals surface area contributed by atoms with Crippen molar-refractivity contribution in [1.82, 2.24) is 4.57 Å². The quantitative estimate of drug-likeness (QED) is 0.146. The maximum absolute atomic E-state index is 14.3. The fourth-order valence-electron chi connectivity index (χ4n) is 9.28. The Bertz CT molecular complexity index is 3370. The highest BCUT2D eigenvalue weighted by atomic mass is 19.4. The molecule has 1 heterocycles. The average molecular weight is 807 g/mol. The summed E-state index contributed by atoms with van der Waals surface area (Å²) in [5.74, 6) is 0. The van der Waals surface area contributed by atoms with Crippen molar-refractivity contribution >= 4 is 60.4 Å². The highest BCUT2D eigenvalue weighted by Gasteiger charge is 2.34. The molecule has 0 saturated heterocycles. The number of hydrogen-bond donors (Lipinski definition) is 0. The van der Waals surface area contributed by atoms with E-state index in [1.54, 1.807) is 16.7 Å². The van der Waals surface area contributed by atoms with Gasteiger partial charge in [0.1, 0.15) is 0 Å². The fraction of sp³-hybridized carbons (Fsp3) is 0.0175. The summed E-state index contributed by atoms with van der Waals surface area (Å²) >= 11 is 0. The Hall–Kier alpha value is -7.89. The van der Waals surface area contributed by atoms with E-state index in [-0.39, 0.29) is 5.69 Å². The number of fused-ring (bicyclic) bond motifs is 5. The molecule has 0 atom stereocenters. The van der Waals surface area contributed by atoms with Crippen LogP contribution in [0.15, 0.2) is 224 Å². The molecule has 296 valence electrons. The number of halogens is 3. The van der Waals surface area contributed by atoms with Crippen LogP contribution in [-0.2, 0) is 6.18 Å². The smallest absolute Gasteiger partial charge is 0.311 e. The summed E-state index contributed by atoms with van der Waals surface area (Å²) in [7, 11) is 0. The van der Waals surface area contributed by atoms with Gasteiger partial charge in [-0.25, -0.2) is 0 Å². The Morgan fingerprint density at radius 1 is 0.323 bits per heavy atom. The Labute approximate surface area is 357 Å². The normalized spacial score (nSPS) is 11.8. The molecule has 0 aliphatic rings. The molecule has 2 nitrogen and oxygen atoms in total. The van der Waals surface area contributed by atoms with Crippen molar-refractivity contribution in [3.8, 4) is 39.1 Å². The fourth-order valence-corrected chi connectivity index (χ4v) is 9.28. The molecular weight excluding hydrogens is 770 g/mol. The van der Waals surface area contributed by atoms with Gasteiger partial charge in [0.2, 0.25) is 0 Å². The van der Waals surface area contributed by atoms with Crippen LogP contribution in [0.2, 0.25) is 0 Å². The van der Waals surface area contributed by atoms with Crippen LogP contribution in [0.5, 0.6) is 0 Å². The lowest BCUT2D eigenvalue weighted by Crippen LogP contribution is -2.10. The van der Waals surface area contributed by atoms with Gasteiger partial charge in [0.25, 0.3) is 0 Å². The number of rotatable bonds is 7. The second-order valence-electron chi connectivity index (χ2n) is 15.6. The standard InChI is InChI=1S/C57H37F3N2/c58-57(59,60)51-24-12-14-26-54(51)62-52-25-13-11-19-45(52)50-37-41(31-36-53(50)62)38-27-32-43(33-28-38)61(42-17-5-2-6-18-42)44-34-29-40(30-35-44)56-48-22-9-7-20-46(48)55(39-15-3-1-4-16-39)47-21-8-10-23-49(47)56/h1-37H. The monoisotopic (exact) mass is 806 g/mol. The van der Waals surface area contributed by atoms with Gasteiger partial charge in [-0.3, -0.25) is 0 Å². The topological polar surface area (TPSA) is 8.17 Å². The first-order chi connectivity index (χ1) is 30.4. The van der Waals surface area contributed by atoms with E-state index in [0.29, 0.717) is 0 Å². The number of anilines is 3. The minimum atomic E-state index is -4.50. The van der Waals surface area contributed by atoms with E-state index < -0.39 is 11.7 Å². The van der Waals surface area contributed by atoms with Crippen molar-refractivity contribution in [3.63, 3.8) is 0 Å². The Kier molecular flexibility index (Phi) is 8.97. The zero-order valence-corrected chi connectivity index (χ0v) is 33.4. The minimum absolute atomic E-state index is 0.111. The molecule has 11 aromatic rings. The molecule has 0 unspecified atom stereocenters. The molecule has 1 aromatic heterocycles. The minimum Gasteiger partial charge on any atom is -0.311 e. The highest BCUT2D eigenvalue weighted by Crippen LogP contribution is 2.45. The molecular formula is C57H37F3N2. The van der Waals surface area contributed by atoms with Crippen molar-refractivity contribution in [3.05, 3.63) is 230 Å². The summed E-state index contributed by atoms with van der Waals surface area (Å²) < 4.78 is 44.5. The van der Waals surface area contributed by atoms with Crippen LogP contribution < -0.4 is 4.90 Å². The van der Waals surface area contributed by atoms with Crippen LogP contribution in [0.3, 0.4) is 0 Å². The van der Waals surface area contributed by atoms with Crippen molar-refractivity contribution in [2.24, 2.45) is 0 Å². The average Bonchev–Trinajstić information content (AvgIpc) is 3.65. The van der Waals surface area contributed by atoms with Crippen molar-refractivity contribution < 1.29 is 13.2 Å². The molecule has 10 aromatic carbocycles. The third-order valence-electron chi connectivity index (χ3n) is 12.0. The van der Waals surface area contributed by atoms with E-state index in [9.17, 15) is 13.2 Å². The zero-order chi connectivity index (χ0) is 41.8. The van der Waals surface area contributed by atoms with E-state index in [0.717, 1.165) is 61.6 Å². The van der Waals surface area contributed by atoms with Crippen LogP contribution in [0.4, 0.5) is 30.2 Å². The molecule has 0 N–H and O–H groups in total. The number of nitrogens with zero attached hydrogens (tertiary/aromatic N) is 2. The lowest BCUT2D eigenvalue weighted by Gasteiger charge is -2.26. The zero-order valence-electron chi connectivity index (χ0n) is 33.4. The molecule has 0 amide bonds. The van der Waals surface area contributed by atoms with Gasteiger partial charge in [0.15, 0.2) is 0 Å². The molecule has 0 bridgehead atoms. The molecule has 0 aliphatic heterocycles. The Morgan fingerprint density at radius 3 is 1.32 bits per heavy atom. The number of para-hydroxylation sites is 3. The van der Waals surface area contributed by atoms with E-state index in [1.807, 2.05) is 42.5 Å². The van der Waals surface area contributed by atoms with Gasteiger partial charge < -0.3 is 9.47 Å². The van der Waals surface area contributed by atoms with Crippen LogP contribution in [0.1, 0.15) is 5.56 Å². The van der Waals surface area contributed by atoms with Gasteiger partial charge in [0, 0.05) is 27.8 Å². The molecule has 62 heavy (non-hydrogen) atoms. The van der Waals surface area contributed by atoms with Crippen LogP contribution in [0.25, 0.3) is 82.4 Å². The van der Waals surface area contributed by atoms with Crippen LogP contribution in [-0.4, -0.2) is 4.57 Å². The number of alkyl halides is 3. The van der Waals surface area contributed by atoms with Crippen LogP contribution >= 0.6 is 0 Å². The number of aromatic nitrogens is 1. The summed E-state index contributed by atoms with van der Waals surface area (Å²) in [5, 5.41) is 6.65. The summed E-state index contributed by atoms with van der Waals surface area (Å²) in [6, 6.07) is 75.3. The van der Waals surface area contributed by atoms with E-state index >= 15 is 0 Å². The maximum Gasteiger partial charge on any atom is 0.418 e. The van der Waals surface area contributed by atoms with Gasteiger partial charge in [-0.05, 0) is 122 Å². The first-order valence-corrected chi connectivity index (χ1v) is 20.7. The molecule has 0 aliphatic carbocycles. The van der Waals surface area contributed by atoms with Crippen molar-refractivity contribution in [2.75, 3.05) is 4.90 Å². The predicted octanol–water partition coefficient (Wildman–Crippen LogP) is 16.6. The third-order valence-corrected chi connectivity index (χ3v) is 12.0. The second-order valence-corrected chi connectivity index (χ2v) is 15.6. The molecule has 0 spiro atoms. The summed E-state index contributed by atoms with van der Waals surface area (Å²) in [6.45, 7) is 0. The molecule has 11 rings (SSSR count). The van der Waals surface area contributed by atoms with Crippen molar-refractivity contribution in [1.29, 1.82) is 0 Å². The molecule has 0 radical (unpaired) electrons. The highest BCUT2D eigenvalue weighted by molar-refractivity contribution is 6.21. The van der Waals surface area contributed by atoms with E-state index in [4.69, 9.17) is 0 Å². The third kappa shape index (κ3) is 6.29. The largest absolute Gasteiger partial charge is 0.418 e. The van der Waals surface area contributed by atoms with Gasteiger partial charge in [-0.2, -0.15) is 13.2 Å². The molecule has 0 fully saturated rings. The molecule has 5 heteroatoms. The SMILES string of the molecule is FC(F)(F)c1ccccc1-n1c2ccccc2c2cc(-c3ccc(N(c4ccccc4)c4ccc(-c5c6ccccc6c(-c6ccccc6)c6ccccc56)cc4)cc3)ccc21. The van der Waals surface area contributed by atoms with Gasteiger partial charge in [-0.15, -0.1) is 0 Å². The summed E-state index contributed by atoms with van der Waals surface area (Å²) in [5.41, 5.74) is 10.7. The van der Waals surface area contributed by atoms with Gasteiger partial charge in [-0.1, -0.05) is 158 Å². The maximum atomic E-state index is 14.3. The van der Waals surface area contributed by atoms with E-state index in [2.05, 4.69) is 163 Å². The Morgan fingerprint density at radius 2 is 0.742 bits per heavy atom. The van der Waals surface area contributed by atoms with Gasteiger partial charge in [0.05, 0.1) is 22.3 Å². The second kappa shape index (κ2) is 15.0. The molecule has 0 saturated carbocycles. The number of benzene rings is 10. The first kappa shape index (κ1) is 37.1. The summed E-state index contributed by atoms with van der Waals surface area (Å²) in [4.78, 5) is 2.26. The van der Waals surface area contributed by atoms with Crippen LogP contribution in [0, 0.1) is 0 Å². The Balaban J connectivity index is 0.985. The van der Waals surface area contributed by atoms with Gasteiger partial charge >= 0.3 is 6.18 Å².